The molecule has 0 spiro atoms. The van der Waals surface area contributed by atoms with Crippen LogP contribution in [0.1, 0.15) is 0 Å². The van der Waals surface area contributed by atoms with Crippen LogP contribution in [0.2, 0.25) is 0 Å². The van der Waals surface area contributed by atoms with E-state index in [9.17, 15) is 4.79 Å². The lowest BCUT2D eigenvalue weighted by atomic mass is 10.4. The molecule has 0 bridgehead atoms. The predicted molar refractivity (Wildman–Crippen MR) is 30.6 cm³/mol. The van der Waals surface area contributed by atoms with Crippen molar-refractivity contribution >= 4 is 12.0 Å². The van der Waals surface area contributed by atoms with E-state index in [-0.39, 0.29) is 0 Å². The molecule has 1 rings (SSSR count). The number of hydrogen-bond acceptors (Lipinski definition) is 3. The summed E-state index contributed by atoms with van der Waals surface area (Å²) in [4.78, 5) is 13.7. The van der Waals surface area contributed by atoms with Gasteiger partial charge < -0.3 is 5.32 Å². The summed E-state index contributed by atoms with van der Waals surface area (Å²) < 4.78 is 0. The summed E-state index contributed by atoms with van der Waals surface area (Å²) in [7, 11) is 0. The van der Waals surface area contributed by atoms with Crippen molar-refractivity contribution in [3.8, 4) is 0 Å². The SMILES string of the molecule is O=CC1=NCNC=C1. The largest absolute Gasteiger partial charge is 0.372 e. The van der Waals surface area contributed by atoms with E-state index in [1.165, 1.54) is 0 Å². The first kappa shape index (κ1) is 5.03. The van der Waals surface area contributed by atoms with Gasteiger partial charge in [0.05, 0.1) is 0 Å². The molecule has 1 aliphatic rings. The summed E-state index contributed by atoms with van der Waals surface area (Å²) in [6, 6.07) is 0. The molecule has 0 amide bonds. The first-order valence-electron chi connectivity index (χ1n) is 2.33. The van der Waals surface area contributed by atoms with Crippen LogP contribution in [0.15, 0.2) is 17.3 Å². The lowest BCUT2D eigenvalue weighted by Gasteiger charge is -1.99. The van der Waals surface area contributed by atoms with Crippen molar-refractivity contribution in [2.75, 3.05) is 6.67 Å². The summed E-state index contributed by atoms with van der Waals surface area (Å²) in [5.74, 6) is 0. The molecule has 1 N–H and O–H groups in total. The van der Waals surface area contributed by atoms with Crippen LogP contribution in [0.4, 0.5) is 0 Å². The third-order valence-electron chi connectivity index (χ3n) is 0.846. The molecule has 0 atom stereocenters. The minimum Gasteiger partial charge on any atom is -0.372 e. The van der Waals surface area contributed by atoms with Gasteiger partial charge in [0.15, 0.2) is 6.29 Å². The van der Waals surface area contributed by atoms with Crippen LogP contribution >= 0.6 is 0 Å². The van der Waals surface area contributed by atoms with Crippen molar-refractivity contribution in [1.82, 2.24) is 5.32 Å². The van der Waals surface area contributed by atoms with Crippen LogP contribution in [0, 0.1) is 0 Å². The predicted octanol–water partition coefficient (Wildman–Crippen LogP) is -0.299. The van der Waals surface area contributed by atoms with Crippen molar-refractivity contribution < 1.29 is 4.79 Å². The summed E-state index contributed by atoms with van der Waals surface area (Å²) in [6.07, 6.45) is 4.07. The Balaban J connectivity index is 2.64. The fourth-order valence-corrected chi connectivity index (χ4v) is 0.463. The Bertz CT molecular complexity index is 149. The first-order chi connectivity index (χ1) is 3.93. The monoisotopic (exact) mass is 110 g/mol. The van der Waals surface area contributed by atoms with Crippen LogP contribution in [-0.4, -0.2) is 18.7 Å². The van der Waals surface area contributed by atoms with Gasteiger partial charge >= 0.3 is 0 Å². The van der Waals surface area contributed by atoms with E-state index in [1.54, 1.807) is 12.3 Å². The van der Waals surface area contributed by atoms with Gasteiger partial charge in [0, 0.05) is 6.20 Å². The highest BCUT2D eigenvalue weighted by molar-refractivity contribution is 6.33. The Labute approximate surface area is 47.1 Å². The fourth-order valence-electron chi connectivity index (χ4n) is 0.463. The summed E-state index contributed by atoms with van der Waals surface area (Å²) in [5.41, 5.74) is 0.503. The van der Waals surface area contributed by atoms with Gasteiger partial charge in [-0.2, -0.15) is 0 Å². The van der Waals surface area contributed by atoms with Crippen molar-refractivity contribution in [3.63, 3.8) is 0 Å². The van der Waals surface area contributed by atoms with Crippen LogP contribution in [0.3, 0.4) is 0 Å². The summed E-state index contributed by atoms with van der Waals surface area (Å²) in [5, 5.41) is 2.82. The summed E-state index contributed by atoms with van der Waals surface area (Å²) >= 11 is 0. The normalized spacial score (nSPS) is 16.8. The molecule has 8 heavy (non-hydrogen) atoms. The molecule has 0 fully saturated rings. The highest BCUT2D eigenvalue weighted by Crippen LogP contribution is 1.82. The zero-order valence-electron chi connectivity index (χ0n) is 4.29. The molecule has 0 saturated heterocycles. The second-order valence-corrected chi connectivity index (χ2v) is 1.40. The number of nitrogens with zero attached hydrogens (tertiary/aromatic N) is 1. The Morgan fingerprint density at radius 2 is 2.75 bits per heavy atom. The molecule has 0 saturated carbocycles. The van der Waals surface area contributed by atoms with Crippen LogP contribution < -0.4 is 5.32 Å². The highest BCUT2D eigenvalue weighted by atomic mass is 16.1. The third kappa shape index (κ3) is 0.932. The maximum absolute atomic E-state index is 9.95. The Hall–Kier alpha value is -1.12. The van der Waals surface area contributed by atoms with Gasteiger partial charge in [-0.1, -0.05) is 0 Å². The Morgan fingerprint density at radius 1 is 1.88 bits per heavy atom. The lowest BCUT2D eigenvalue weighted by Crippen LogP contribution is -2.13. The van der Waals surface area contributed by atoms with E-state index in [4.69, 9.17) is 0 Å². The van der Waals surface area contributed by atoms with Crippen molar-refractivity contribution in [2.45, 2.75) is 0 Å². The summed E-state index contributed by atoms with van der Waals surface area (Å²) in [6.45, 7) is 0.518. The average Bonchev–Trinajstić information content (AvgIpc) is 1.90. The van der Waals surface area contributed by atoms with E-state index < -0.39 is 0 Å². The van der Waals surface area contributed by atoms with Crippen molar-refractivity contribution in [2.24, 2.45) is 4.99 Å². The van der Waals surface area contributed by atoms with Crippen LogP contribution in [0.25, 0.3) is 0 Å². The van der Waals surface area contributed by atoms with Crippen LogP contribution in [0.5, 0.6) is 0 Å². The van der Waals surface area contributed by atoms with Gasteiger partial charge in [0.1, 0.15) is 12.4 Å². The van der Waals surface area contributed by atoms with Gasteiger partial charge in [0.2, 0.25) is 0 Å². The first-order valence-corrected chi connectivity index (χ1v) is 2.33. The minimum atomic E-state index is 0.503. The number of carbonyl (C=O) groups is 1. The van der Waals surface area contributed by atoms with Gasteiger partial charge in [-0.05, 0) is 6.08 Å². The lowest BCUT2D eigenvalue weighted by molar-refractivity contribution is -0.102. The number of hydrogen-bond donors (Lipinski definition) is 1. The van der Waals surface area contributed by atoms with E-state index in [0.29, 0.717) is 12.4 Å². The second kappa shape index (κ2) is 2.26. The molecule has 0 radical (unpaired) electrons. The highest BCUT2D eigenvalue weighted by Gasteiger charge is 1.91. The quantitative estimate of drug-likeness (QED) is 0.471. The molecule has 0 aromatic rings. The van der Waals surface area contributed by atoms with E-state index in [2.05, 4.69) is 10.3 Å². The second-order valence-electron chi connectivity index (χ2n) is 1.40. The standard InChI is InChI=1S/C5H6N2O/c8-3-5-1-2-6-4-7-5/h1-3,6H,4H2. The van der Waals surface area contributed by atoms with E-state index in [1.807, 2.05) is 0 Å². The molecule has 1 heterocycles. The van der Waals surface area contributed by atoms with E-state index in [0.717, 1.165) is 6.29 Å². The van der Waals surface area contributed by atoms with Gasteiger partial charge in [-0.3, -0.25) is 9.79 Å². The molecule has 0 unspecified atom stereocenters. The number of allylic oxidation sites excluding steroid dienone is 1. The molecule has 3 heteroatoms. The van der Waals surface area contributed by atoms with Crippen molar-refractivity contribution in [1.29, 1.82) is 0 Å². The average molecular weight is 110 g/mol. The fraction of sp³-hybridized carbons (Fsp3) is 0.200. The number of aliphatic imine (C=N–C) groups is 1. The molecule has 42 valence electrons. The maximum Gasteiger partial charge on any atom is 0.168 e. The number of aldehydes is 1. The minimum absolute atomic E-state index is 0.503. The molecule has 0 aromatic heterocycles. The third-order valence-corrected chi connectivity index (χ3v) is 0.846. The van der Waals surface area contributed by atoms with Crippen LogP contribution in [-0.2, 0) is 4.79 Å². The topological polar surface area (TPSA) is 41.5 Å². The van der Waals surface area contributed by atoms with Crippen molar-refractivity contribution in [3.05, 3.63) is 12.3 Å². The maximum atomic E-state index is 9.95. The van der Waals surface area contributed by atoms with Gasteiger partial charge in [-0.25, -0.2) is 0 Å². The molecule has 1 aliphatic heterocycles. The van der Waals surface area contributed by atoms with E-state index >= 15 is 0 Å². The zero-order valence-corrected chi connectivity index (χ0v) is 4.29. The number of carbonyl (C=O) groups excluding carboxylic acids is 1. The van der Waals surface area contributed by atoms with Gasteiger partial charge in [-0.15, -0.1) is 0 Å². The Kier molecular flexibility index (Phi) is 1.42. The molecule has 0 aromatic carbocycles. The molecular weight excluding hydrogens is 104 g/mol. The molecule has 3 nitrogen and oxygen atoms in total. The van der Waals surface area contributed by atoms with Gasteiger partial charge in [0.25, 0.3) is 0 Å². The Morgan fingerprint density at radius 3 is 3.12 bits per heavy atom. The molecular formula is C5H6N2O. The molecule has 0 aliphatic carbocycles. The number of nitrogens with one attached hydrogen (secondary N) is 1. The zero-order chi connectivity index (χ0) is 5.82. The smallest absolute Gasteiger partial charge is 0.168 e. The number of rotatable bonds is 1.